The summed E-state index contributed by atoms with van der Waals surface area (Å²) in [6, 6.07) is 20.0. The summed E-state index contributed by atoms with van der Waals surface area (Å²) in [4.78, 5) is 38.7. The number of nitrogens with two attached hydrogens (primary N) is 2. The maximum atomic E-state index is 13.5. The summed E-state index contributed by atoms with van der Waals surface area (Å²) in [6.45, 7) is 2.63. The Balaban J connectivity index is 1.51. The number of hydrogen-bond donors (Lipinski definition) is 3. The Morgan fingerprint density at radius 3 is 2.38 bits per heavy atom. The van der Waals surface area contributed by atoms with Crippen molar-refractivity contribution in [1.29, 1.82) is 0 Å². The lowest BCUT2D eigenvalue weighted by Gasteiger charge is -2.22. The molecule has 1 heterocycles. The van der Waals surface area contributed by atoms with Crippen LogP contribution in [0.2, 0.25) is 0 Å². The van der Waals surface area contributed by atoms with Crippen molar-refractivity contribution in [3.05, 3.63) is 89.0 Å². The fourth-order valence-corrected chi connectivity index (χ4v) is 4.07. The molecule has 3 aromatic rings. The third-order valence-electron chi connectivity index (χ3n) is 6.19. The number of aliphatic imine (C=N–C) groups is 1. The smallest absolute Gasteiger partial charge is 0.273 e. The Morgan fingerprint density at radius 2 is 1.72 bits per heavy atom. The van der Waals surface area contributed by atoms with Crippen LogP contribution in [0.3, 0.4) is 0 Å². The van der Waals surface area contributed by atoms with Crippen molar-refractivity contribution < 1.29 is 14.4 Å². The number of hydroxylamine groups is 2. The number of carbonyl (C=O) groups is 2. The molecule has 2 amide bonds. The third kappa shape index (κ3) is 7.03. The largest absolute Gasteiger partial charge is 0.399 e. The average Bonchev–Trinajstić information content (AvgIpc) is 3.09. The zero-order valence-electron chi connectivity index (χ0n) is 22.5. The molecule has 9 nitrogen and oxygen atoms in total. The van der Waals surface area contributed by atoms with Crippen molar-refractivity contribution in [2.75, 3.05) is 36.6 Å². The number of carbonyl (C=O) groups excluding carboxylic acids is 2. The van der Waals surface area contributed by atoms with E-state index in [0.717, 1.165) is 17.7 Å². The number of hydrogen-bond acceptors (Lipinski definition) is 7. The molecule has 202 valence electrons. The molecule has 0 fully saturated rings. The molecule has 39 heavy (non-hydrogen) atoms. The molecule has 4 rings (SSSR count). The first-order valence-electron chi connectivity index (χ1n) is 12.8. The van der Waals surface area contributed by atoms with Gasteiger partial charge in [-0.1, -0.05) is 25.1 Å². The summed E-state index contributed by atoms with van der Waals surface area (Å²) < 4.78 is 0. The molecule has 0 saturated heterocycles. The van der Waals surface area contributed by atoms with E-state index in [1.54, 1.807) is 36.4 Å². The van der Waals surface area contributed by atoms with E-state index < -0.39 is 0 Å². The lowest BCUT2D eigenvalue weighted by Crippen LogP contribution is -2.34. The van der Waals surface area contributed by atoms with Crippen LogP contribution in [-0.4, -0.2) is 43.4 Å². The fourth-order valence-electron chi connectivity index (χ4n) is 4.07. The topological polar surface area (TPSA) is 126 Å². The Bertz CT molecular complexity index is 1400. The monoisotopic (exact) mass is 526 g/mol. The average molecular weight is 527 g/mol. The number of anilines is 3. The predicted molar refractivity (Wildman–Crippen MR) is 157 cm³/mol. The van der Waals surface area contributed by atoms with Gasteiger partial charge in [0.2, 0.25) is 0 Å². The number of amides is 2. The molecule has 0 unspecified atom stereocenters. The van der Waals surface area contributed by atoms with E-state index >= 15 is 0 Å². The van der Waals surface area contributed by atoms with Crippen molar-refractivity contribution in [3.63, 3.8) is 0 Å². The lowest BCUT2D eigenvalue weighted by atomic mass is 10.0. The molecule has 1 aliphatic heterocycles. The first-order valence-corrected chi connectivity index (χ1v) is 12.8. The number of fused-ring (bicyclic) bond motifs is 1. The van der Waals surface area contributed by atoms with E-state index in [1.807, 2.05) is 62.3 Å². The van der Waals surface area contributed by atoms with Gasteiger partial charge in [0, 0.05) is 60.8 Å². The van der Waals surface area contributed by atoms with Gasteiger partial charge in [-0.3, -0.25) is 14.4 Å². The van der Waals surface area contributed by atoms with E-state index in [9.17, 15) is 9.59 Å². The third-order valence-corrected chi connectivity index (χ3v) is 6.19. The molecular weight excluding hydrogens is 492 g/mol. The number of nitrogens with one attached hydrogen (secondary N) is 1. The predicted octanol–water partition coefficient (Wildman–Crippen LogP) is 4.73. The maximum Gasteiger partial charge on any atom is 0.273 e. The minimum atomic E-state index is -0.277. The highest BCUT2D eigenvalue weighted by Crippen LogP contribution is 2.29. The highest BCUT2D eigenvalue weighted by molar-refractivity contribution is 6.07. The van der Waals surface area contributed by atoms with Crippen LogP contribution < -0.4 is 21.7 Å². The van der Waals surface area contributed by atoms with Gasteiger partial charge in [-0.15, -0.1) is 0 Å². The van der Waals surface area contributed by atoms with Gasteiger partial charge in [0.25, 0.3) is 11.8 Å². The molecule has 0 radical (unpaired) electrons. The van der Waals surface area contributed by atoms with E-state index in [2.05, 4.69) is 10.3 Å². The number of nitrogens with zero attached hydrogens (tertiary/aromatic N) is 3. The van der Waals surface area contributed by atoms with Crippen LogP contribution in [0.1, 0.15) is 41.3 Å². The first-order chi connectivity index (χ1) is 18.7. The number of nitrogen functional groups attached to an aromatic ring is 1. The van der Waals surface area contributed by atoms with Crippen LogP contribution in [0.5, 0.6) is 0 Å². The Morgan fingerprint density at radius 1 is 1.00 bits per heavy atom. The Labute approximate surface area is 228 Å². The SMILES string of the molecule is CCCN(OCc1ccc(N)cc1)C(=O)C1=Cc2ccc(C(=O)Nc3ccc(N(C)C)cc3)cc2N=C(N)C1. The van der Waals surface area contributed by atoms with E-state index in [-0.39, 0.29) is 30.7 Å². The van der Waals surface area contributed by atoms with Gasteiger partial charge in [-0.25, -0.2) is 10.1 Å². The maximum absolute atomic E-state index is 13.5. The van der Waals surface area contributed by atoms with Gasteiger partial charge >= 0.3 is 0 Å². The zero-order chi connectivity index (χ0) is 27.9. The standard InChI is InChI=1S/C30H34N6O3/c1-4-15-36(39-19-20-5-9-24(31)10-6-20)30(38)23-16-21-7-8-22(17-27(21)34-28(32)18-23)29(37)33-25-11-13-26(14-12-25)35(2)3/h5-14,16-17H,4,15,18-19,31H2,1-3H3,(H2,32,34)(H,33,37). The van der Waals surface area contributed by atoms with Gasteiger partial charge in [0.05, 0.1) is 5.69 Å². The summed E-state index contributed by atoms with van der Waals surface area (Å²) in [5.41, 5.74) is 17.4. The quantitative estimate of drug-likeness (QED) is 0.273. The summed E-state index contributed by atoms with van der Waals surface area (Å²) >= 11 is 0. The van der Waals surface area contributed by atoms with Crippen molar-refractivity contribution in [3.8, 4) is 0 Å². The van der Waals surface area contributed by atoms with Crippen LogP contribution in [0.4, 0.5) is 22.7 Å². The summed E-state index contributed by atoms with van der Waals surface area (Å²) in [5.74, 6) is -0.264. The van der Waals surface area contributed by atoms with Crippen LogP contribution in [0, 0.1) is 0 Å². The van der Waals surface area contributed by atoms with Gasteiger partial charge < -0.3 is 21.7 Å². The van der Waals surface area contributed by atoms with Gasteiger partial charge in [-0.05, 0) is 66.6 Å². The van der Waals surface area contributed by atoms with Gasteiger partial charge in [0.15, 0.2) is 0 Å². The van der Waals surface area contributed by atoms with Crippen LogP contribution >= 0.6 is 0 Å². The summed E-state index contributed by atoms with van der Waals surface area (Å²) in [6.07, 6.45) is 2.65. The van der Waals surface area contributed by atoms with Gasteiger partial charge in [-0.2, -0.15) is 0 Å². The normalized spacial score (nSPS) is 12.5. The van der Waals surface area contributed by atoms with Crippen molar-refractivity contribution >= 4 is 46.5 Å². The molecule has 1 aliphatic rings. The zero-order valence-corrected chi connectivity index (χ0v) is 22.5. The molecule has 0 saturated carbocycles. The highest BCUT2D eigenvalue weighted by Gasteiger charge is 2.23. The van der Waals surface area contributed by atoms with Crippen LogP contribution in [0.15, 0.2) is 77.3 Å². The second-order valence-electron chi connectivity index (χ2n) is 9.54. The molecule has 0 bridgehead atoms. The molecule has 9 heteroatoms. The minimum absolute atomic E-state index is 0.165. The minimum Gasteiger partial charge on any atom is -0.399 e. The Hall–Kier alpha value is -4.63. The van der Waals surface area contributed by atoms with E-state index in [4.69, 9.17) is 16.3 Å². The molecular formula is C30H34N6O3. The second-order valence-corrected chi connectivity index (χ2v) is 9.54. The molecule has 5 N–H and O–H groups in total. The number of rotatable bonds is 9. The van der Waals surface area contributed by atoms with Crippen LogP contribution in [-0.2, 0) is 16.2 Å². The molecule has 0 spiro atoms. The highest BCUT2D eigenvalue weighted by atomic mass is 16.7. The molecule has 0 aliphatic carbocycles. The summed E-state index contributed by atoms with van der Waals surface area (Å²) in [5, 5.41) is 4.27. The lowest BCUT2D eigenvalue weighted by molar-refractivity contribution is -0.187. The van der Waals surface area contributed by atoms with E-state index in [0.29, 0.717) is 40.3 Å². The first kappa shape index (κ1) is 27.4. The fraction of sp³-hybridized carbons (Fsp3) is 0.233. The summed E-state index contributed by atoms with van der Waals surface area (Å²) in [7, 11) is 3.91. The second kappa shape index (κ2) is 12.3. The van der Waals surface area contributed by atoms with Crippen molar-refractivity contribution in [2.24, 2.45) is 10.7 Å². The number of benzene rings is 3. The molecule has 0 atom stereocenters. The van der Waals surface area contributed by atoms with Crippen molar-refractivity contribution in [1.82, 2.24) is 5.06 Å². The van der Waals surface area contributed by atoms with E-state index in [1.165, 1.54) is 5.06 Å². The van der Waals surface area contributed by atoms with Crippen molar-refractivity contribution in [2.45, 2.75) is 26.4 Å². The van der Waals surface area contributed by atoms with Gasteiger partial charge in [0.1, 0.15) is 12.4 Å². The molecule has 0 aromatic heterocycles. The Kier molecular flexibility index (Phi) is 8.63. The molecule has 3 aromatic carbocycles. The number of amidine groups is 1. The van der Waals surface area contributed by atoms with Crippen LogP contribution in [0.25, 0.3) is 6.08 Å².